The Hall–Kier alpha value is -2.49. The lowest BCUT2D eigenvalue weighted by Crippen LogP contribution is -2.46. The number of methoxy groups -OCH3 is 1. The van der Waals surface area contributed by atoms with Crippen LogP contribution in [0, 0.1) is 0 Å². The minimum atomic E-state index is 0.772. The Labute approximate surface area is 172 Å². The van der Waals surface area contributed by atoms with Crippen molar-refractivity contribution < 1.29 is 4.74 Å². The monoisotopic (exact) mass is 392 g/mol. The number of benzene rings is 3. The summed E-state index contributed by atoms with van der Waals surface area (Å²) in [5.74, 6) is 0.948. The fraction of sp³-hybridized carbons (Fsp3) is 0.250. The average molecular weight is 393 g/mol. The molecule has 3 aromatic carbocycles. The topological polar surface area (TPSA) is 15.7 Å². The van der Waals surface area contributed by atoms with E-state index in [0.29, 0.717) is 0 Å². The Morgan fingerprint density at radius 1 is 0.821 bits per heavy atom. The quantitative estimate of drug-likeness (QED) is 0.583. The lowest BCUT2D eigenvalue weighted by Gasteiger charge is -2.37. The first kappa shape index (κ1) is 18.9. The number of piperazine rings is 1. The van der Waals surface area contributed by atoms with Crippen LogP contribution in [-0.2, 0) is 6.54 Å². The largest absolute Gasteiger partial charge is 0.495 e. The molecule has 3 aromatic rings. The number of nitrogens with zero attached hydrogens (tertiary/aromatic N) is 2. The highest BCUT2D eigenvalue weighted by Crippen LogP contribution is 2.30. The van der Waals surface area contributed by atoms with Gasteiger partial charge >= 0.3 is 0 Å². The maximum absolute atomic E-state index is 6.06. The van der Waals surface area contributed by atoms with Crippen LogP contribution in [-0.4, -0.2) is 38.2 Å². The molecule has 144 valence electrons. The van der Waals surface area contributed by atoms with E-state index in [2.05, 4.69) is 58.3 Å². The van der Waals surface area contributed by atoms with Crippen LogP contribution in [0.1, 0.15) is 5.56 Å². The van der Waals surface area contributed by atoms with Crippen LogP contribution in [0.15, 0.2) is 72.8 Å². The van der Waals surface area contributed by atoms with E-state index in [1.54, 1.807) is 7.11 Å². The zero-order valence-electron chi connectivity index (χ0n) is 16.1. The number of halogens is 1. The third kappa shape index (κ3) is 4.16. The van der Waals surface area contributed by atoms with Gasteiger partial charge in [0.1, 0.15) is 5.75 Å². The van der Waals surface area contributed by atoms with Crippen molar-refractivity contribution in [1.82, 2.24) is 4.90 Å². The Morgan fingerprint density at radius 2 is 1.50 bits per heavy atom. The molecule has 4 heteroatoms. The summed E-state index contributed by atoms with van der Waals surface area (Å²) in [6, 6.07) is 25.0. The zero-order chi connectivity index (χ0) is 19.3. The lowest BCUT2D eigenvalue weighted by atomic mass is 9.99. The maximum Gasteiger partial charge on any atom is 0.142 e. The second-order valence-electron chi connectivity index (χ2n) is 7.10. The smallest absolute Gasteiger partial charge is 0.142 e. The van der Waals surface area contributed by atoms with Gasteiger partial charge in [0.25, 0.3) is 0 Å². The van der Waals surface area contributed by atoms with Gasteiger partial charge in [0.2, 0.25) is 0 Å². The molecule has 0 spiro atoms. The number of rotatable bonds is 5. The molecule has 1 heterocycles. The SMILES string of the molecule is COc1ccccc1N1CCN(Cc2ccccc2-c2ccc(Cl)cc2)CC1. The Balaban J connectivity index is 1.45. The molecule has 1 saturated heterocycles. The molecule has 0 amide bonds. The summed E-state index contributed by atoms with van der Waals surface area (Å²) < 4.78 is 5.53. The molecule has 1 fully saturated rings. The summed E-state index contributed by atoms with van der Waals surface area (Å²) in [6.45, 7) is 5.03. The van der Waals surface area contributed by atoms with Crippen LogP contribution in [0.5, 0.6) is 5.75 Å². The highest BCUT2D eigenvalue weighted by molar-refractivity contribution is 6.30. The van der Waals surface area contributed by atoms with Crippen molar-refractivity contribution >= 4 is 17.3 Å². The second kappa shape index (κ2) is 8.68. The first-order valence-electron chi connectivity index (χ1n) is 9.69. The van der Waals surface area contributed by atoms with Gasteiger partial charge in [-0.25, -0.2) is 0 Å². The second-order valence-corrected chi connectivity index (χ2v) is 7.54. The van der Waals surface area contributed by atoms with Gasteiger partial charge in [-0.05, 0) is 41.0 Å². The fourth-order valence-electron chi connectivity index (χ4n) is 3.85. The van der Waals surface area contributed by atoms with Crippen molar-refractivity contribution in [3.8, 4) is 16.9 Å². The van der Waals surface area contributed by atoms with Crippen molar-refractivity contribution in [2.75, 3.05) is 38.2 Å². The molecule has 0 aliphatic carbocycles. The predicted molar refractivity (Wildman–Crippen MR) is 117 cm³/mol. The maximum atomic E-state index is 6.06. The number of hydrogen-bond acceptors (Lipinski definition) is 3. The number of anilines is 1. The minimum Gasteiger partial charge on any atom is -0.495 e. The van der Waals surface area contributed by atoms with Crippen molar-refractivity contribution in [2.45, 2.75) is 6.54 Å². The van der Waals surface area contributed by atoms with Crippen LogP contribution in [0.3, 0.4) is 0 Å². The van der Waals surface area contributed by atoms with E-state index in [-0.39, 0.29) is 0 Å². The van der Waals surface area contributed by atoms with Crippen LogP contribution >= 0.6 is 11.6 Å². The van der Waals surface area contributed by atoms with E-state index in [1.807, 2.05) is 24.3 Å². The first-order chi connectivity index (χ1) is 13.7. The molecule has 0 saturated carbocycles. The van der Waals surface area contributed by atoms with Gasteiger partial charge in [0.05, 0.1) is 12.8 Å². The zero-order valence-corrected chi connectivity index (χ0v) is 16.9. The molecule has 0 bridgehead atoms. The molecule has 3 nitrogen and oxygen atoms in total. The van der Waals surface area contributed by atoms with Gasteiger partial charge in [-0.15, -0.1) is 0 Å². The van der Waals surface area contributed by atoms with Gasteiger partial charge in [0, 0.05) is 37.7 Å². The highest BCUT2D eigenvalue weighted by Gasteiger charge is 2.20. The van der Waals surface area contributed by atoms with Crippen LogP contribution in [0.4, 0.5) is 5.69 Å². The van der Waals surface area contributed by atoms with Crippen molar-refractivity contribution in [2.24, 2.45) is 0 Å². The van der Waals surface area contributed by atoms with Gasteiger partial charge in [0.15, 0.2) is 0 Å². The van der Waals surface area contributed by atoms with Crippen LogP contribution in [0.25, 0.3) is 11.1 Å². The van der Waals surface area contributed by atoms with E-state index in [1.165, 1.54) is 22.4 Å². The van der Waals surface area contributed by atoms with Gasteiger partial charge in [-0.1, -0.05) is 60.1 Å². The molecule has 0 radical (unpaired) electrons. The van der Waals surface area contributed by atoms with Crippen LogP contribution in [0.2, 0.25) is 5.02 Å². The van der Waals surface area contributed by atoms with Gasteiger partial charge in [-0.2, -0.15) is 0 Å². The van der Waals surface area contributed by atoms with Crippen molar-refractivity contribution in [1.29, 1.82) is 0 Å². The van der Waals surface area contributed by atoms with E-state index in [4.69, 9.17) is 16.3 Å². The summed E-state index contributed by atoms with van der Waals surface area (Å²) in [6.07, 6.45) is 0. The van der Waals surface area contributed by atoms with Gasteiger partial charge in [-0.3, -0.25) is 4.90 Å². The molecule has 1 aliphatic rings. The summed E-state index contributed by atoms with van der Waals surface area (Å²) >= 11 is 6.06. The summed E-state index contributed by atoms with van der Waals surface area (Å²) in [5, 5.41) is 0.772. The van der Waals surface area contributed by atoms with Crippen molar-refractivity contribution in [3.05, 3.63) is 83.4 Å². The molecule has 4 rings (SSSR count). The highest BCUT2D eigenvalue weighted by atomic mass is 35.5. The van der Waals surface area contributed by atoms with E-state index >= 15 is 0 Å². The average Bonchev–Trinajstić information content (AvgIpc) is 2.75. The Bertz CT molecular complexity index is 918. The van der Waals surface area contributed by atoms with Gasteiger partial charge < -0.3 is 9.64 Å². The summed E-state index contributed by atoms with van der Waals surface area (Å²) in [5.41, 5.74) is 5.04. The number of ether oxygens (including phenoxy) is 1. The third-order valence-corrected chi connectivity index (χ3v) is 5.62. The molecule has 0 atom stereocenters. The summed E-state index contributed by atoms with van der Waals surface area (Å²) in [7, 11) is 1.74. The first-order valence-corrected chi connectivity index (χ1v) is 10.1. The minimum absolute atomic E-state index is 0.772. The number of hydrogen-bond donors (Lipinski definition) is 0. The summed E-state index contributed by atoms with van der Waals surface area (Å²) in [4.78, 5) is 4.95. The number of para-hydroxylation sites is 2. The molecular weight excluding hydrogens is 368 g/mol. The van der Waals surface area contributed by atoms with Crippen molar-refractivity contribution in [3.63, 3.8) is 0 Å². The fourth-order valence-corrected chi connectivity index (χ4v) is 3.97. The van der Waals surface area contributed by atoms with E-state index in [9.17, 15) is 0 Å². The molecule has 1 aliphatic heterocycles. The molecule has 0 aromatic heterocycles. The standard InChI is InChI=1S/C24H25ClN2O/c1-28-24-9-5-4-8-23(24)27-16-14-26(15-17-27)18-20-6-2-3-7-22(20)19-10-12-21(25)13-11-19/h2-13H,14-18H2,1H3. The third-order valence-electron chi connectivity index (χ3n) is 5.36. The Morgan fingerprint density at radius 3 is 2.25 bits per heavy atom. The normalized spacial score (nSPS) is 14.9. The van der Waals surface area contributed by atoms with Crippen LogP contribution < -0.4 is 9.64 Å². The Kier molecular flexibility index (Phi) is 5.84. The lowest BCUT2D eigenvalue weighted by molar-refractivity contribution is 0.249. The molecular formula is C24H25ClN2O. The molecule has 0 unspecified atom stereocenters. The predicted octanol–water partition coefficient (Wildman–Crippen LogP) is 5.34. The van der Waals surface area contributed by atoms with E-state index in [0.717, 1.165) is 43.5 Å². The molecule has 0 N–H and O–H groups in total. The van der Waals surface area contributed by atoms with E-state index < -0.39 is 0 Å². The molecule has 28 heavy (non-hydrogen) atoms.